The predicted octanol–water partition coefficient (Wildman–Crippen LogP) is 7.71. The Hall–Kier alpha value is -7.41. The molecule has 1 aliphatic rings. The Bertz CT molecular complexity index is 2830. The first-order valence-corrected chi connectivity index (χ1v) is 31.1. The quantitative estimate of drug-likeness (QED) is 0.0157. The molecule has 23 nitrogen and oxygen atoms in total. The number of carboxylic acids is 1. The van der Waals surface area contributed by atoms with Gasteiger partial charge < -0.3 is 63.3 Å². The first-order chi connectivity index (χ1) is 40.9. The van der Waals surface area contributed by atoms with Crippen LogP contribution in [0.4, 0.5) is 25.4 Å². The highest BCUT2D eigenvalue weighted by Crippen LogP contribution is 2.34. The van der Waals surface area contributed by atoms with Crippen LogP contribution < -0.4 is 43.8 Å². The summed E-state index contributed by atoms with van der Waals surface area (Å²) in [6, 6.07) is 5.83. The third-order valence-corrected chi connectivity index (χ3v) is 17.0. The Kier molecular flexibility index (Phi) is 27.9. The van der Waals surface area contributed by atoms with Crippen LogP contribution in [0.5, 0.6) is 0 Å². The summed E-state index contributed by atoms with van der Waals surface area (Å²) in [5.74, 6) is -5.69. The normalized spacial score (nSPS) is 16.6. The highest BCUT2D eigenvalue weighted by atomic mass is 32.1. The molecule has 1 fully saturated rings. The summed E-state index contributed by atoms with van der Waals surface area (Å²) in [5, 5.41) is 25.7. The van der Waals surface area contributed by atoms with Gasteiger partial charge in [-0.1, -0.05) is 92.3 Å². The third-order valence-electron chi connectivity index (χ3n) is 16.0. The second kappa shape index (κ2) is 33.6. The number of hydrogen-bond donors (Lipinski definition) is 9. The van der Waals surface area contributed by atoms with Gasteiger partial charge in [0.25, 0.3) is 5.91 Å². The molecule has 87 heavy (non-hydrogen) atoms. The first-order valence-electron chi connectivity index (χ1n) is 30.2. The largest absolute Gasteiger partial charge is 0.481 e. The van der Waals surface area contributed by atoms with E-state index in [0.29, 0.717) is 49.0 Å². The lowest BCUT2D eigenvalue weighted by molar-refractivity contribution is -0.150. The second-order valence-electron chi connectivity index (χ2n) is 24.3. The van der Waals surface area contributed by atoms with Crippen LogP contribution in [0.1, 0.15) is 180 Å². The lowest BCUT2D eigenvalue weighted by Gasteiger charge is -2.40. The molecule has 1 aliphatic heterocycles. The van der Waals surface area contributed by atoms with E-state index in [-0.39, 0.29) is 91.9 Å². The van der Waals surface area contributed by atoms with Gasteiger partial charge in [0, 0.05) is 56.1 Å². The minimum absolute atomic E-state index is 0.0119. The number of hydrogen-bond acceptors (Lipinski definition) is 15. The van der Waals surface area contributed by atoms with Crippen molar-refractivity contribution in [3.05, 3.63) is 75.5 Å². The van der Waals surface area contributed by atoms with Crippen molar-refractivity contribution in [3.8, 4) is 0 Å². The lowest BCUT2D eigenvalue weighted by atomic mass is 9.84. The SMILES string of the molecule is CCCCCCN(C(=O)[C@@H](NC(=O)[C@@]1(C)CCCN1C(=O)OCc1ccc(NC(=O)[C@H](CCCNC(N)=O)NC(=O)[C@@H](N)C(C)C)cc1)[C@@H](C)CC)[C@H](C[C@@H](OC(C)=O)c1nc(C(=O)N[C@@H](Cc2ccc(N)c(F)c2)CC(C)(C)C(=O)O)cs1)C(C)C. The number of carbonyl (C=O) groups excluding carboxylic acids is 8. The van der Waals surface area contributed by atoms with E-state index >= 15 is 4.79 Å². The molecule has 0 radical (unpaired) electrons. The number of carbonyl (C=O) groups is 9. The smallest absolute Gasteiger partial charge is 0.410 e. The molecule has 0 unspecified atom stereocenters. The Morgan fingerprint density at radius 3 is 2.18 bits per heavy atom. The number of esters is 1. The molecule has 12 N–H and O–H groups in total. The number of thiazole rings is 1. The van der Waals surface area contributed by atoms with Crippen molar-refractivity contribution in [2.24, 2.45) is 34.6 Å². The number of aromatic nitrogens is 1. The number of rotatable bonds is 34. The van der Waals surface area contributed by atoms with E-state index in [1.54, 1.807) is 56.0 Å². The fourth-order valence-corrected chi connectivity index (χ4v) is 11.2. The summed E-state index contributed by atoms with van der Waals surface area (Å²) in [5.41, 5.74) is 15.6. The maximum absolute atomic E-state index is 15.4. The molecule has 8 amide bonds. The molecule has 1 aromatic heterocycles. The summed E-state index contributed by atoms with van der Waals surface area (Å²) in [7, 11) is 0. The van der Waals surface area contributed by atoms with Crippen LogP contribution >= 0.6 is 11.3 Å². The number of likely N-dealkylation sites (tertiary alicyclic amines) is 1. The fourth-order valence-electron chi connectivity index (χ4n) is 10.3. The van der Waals surface area contributed by atoms with Crippen LogP contribution in [0.25, 0.3) is 0 Å². The van der Waals surface area contributed by atoms with Crippen LogP contribution in [0.15, 0.2) is 47.8 Å². The van der Waals surface area contributed by atoms with Crippen molar-refractivity contribution in [3.63, 3.8) is 0 Å². The van der Waals surface area contributed by atoms with Crippen LogP contribution in [0.2, 0.25) is 0 Å². The highest BCUT2D eigenvalue weighted by molar-refractivity contribution is 7.09. The van der Waals surface area contributed by atoms with Crippen molar-refractivity contribution in [2.45, 2.75) is 202 Å². The van der Waals surface area contributed by atoms with Crippen LogP contribution in [-0.2, 0) is 51.3 Å². The molecule has 0 bridgehead atoms. The van der Waals surface area contributed by atoms with Gasteiger partial charge >= 0.3 is 24.1 Å². The first kappa shape index (κ1) is 72.1. The lowest BCUT2D eigenvalue weighted by Crippen LogP contribution is -2.62. The minimum atomic E-state index is -1.41. The number of nitrogens with zero attached hydrogens (tertiary/aromatic N) is 3. The Labute approximate surface area is 514 Å². The number of unbranched alkanes of at least 4 members (excludes halogenated alkanes) is 3. The van der Waals surface area contributed by atoms with Gasteiger partial charge in [-0.25, -0.2) is 19.0 Å². The van der Waals surface area contributed by atoms with Crippen molar-refractivity contribution in [2.75, 3.05) is 30.7 Å². The van der Waals surface area contributed by atoms with Crippen molar-refractivity contribution in [1.29, 1.82) is 0 Å². The van der Waals surface area contributed by atoms with Gasteiger partial charge in [0.1, 0.15) is 40.7 Å². The average Bonchev–Trinajstić information content (AvgIpc) is 1.92. The standard InChI is InChI=1S/C62H94FN11O12S/c1-12-14-15-16-28-73(48(36(3)4)32-49(86-39(8)75)55-71-47(35-87-55)53(77)69-43(33-61(9,10)58(81)82)30-41-22-25-45(64)44(63)31-41)56(79)51(38(7)13-2)72-57(80)62(11)26-18-29-74(62)60(84)85-34-40-20-23-42(24-21-40)68-52(76)46(19-17-27-67-59(66)83)70-54(78)50(65)37(5)6/h20-25,31,35-38,43,46,48-51H,12-19,26-30,32-34,64-65H2,1-11H3,(H,68,76)(H,69,77)(H,70,78)(H,72,80)(H,81,82)(H3,66,67,83)/t38-,43-,46-,48+,49+,50-,51-,62+/m0/s1. The highest BCUT2D eigenvalue weighted by Gasteiger charge is 2.49. The zero-order chi connectivity index (χ0) is 64.9. The van der Waals surface area contributed by atoms with Gasteiger partial charge in [-0.15, -0.1) is 11.3 Å². The Morgan fingerprint density at radius 1 is 0.908 bits per heavy atom. The number of carboxylic acid groups (broad SMARTS) is 1. The van der Waals surface area contributed by atoms with Crippen LogP contribution in [-0.4, -0.2) is 129 Å². The van der Waals surface area contributed by atoms with Gasteiger partial charge in [0.15, 0.2) is 6.10 Å². The molecular weight excluding hydrogens is 1140 g/mol. The van der Waals surface area contributed by atoms with E-state index < -0.39 is 101 Å². The van der Waals surface area contributed by atoms with E-state index in [2.05, 4.69) is 38.5 Å². The number of ether oxygens (including phenoxy) is 2. The zero-order valence-electron chi connectivity index (χ0n) is 52.4. The second-order valence-corrected chi connectivity index (χ2v) is 25.2. The Balaban J connectivity index is 1.54. The number of primary amides is 1. The van der Waals surface area contributed by atoms with Gasteiger partial charge in [-0.2, -0.15) is 0 Å². The van der Waals surface area contributed by atoms with Gasteiger partial charge in [0.2, 0.25) is 23.6 Å². The van der Waals surface area contributed by atoms with E-state index in [1.165, 1.54) is 43.2 Å². The van der Waals surface area contributed by atoms with Crippen molar-refractivity contribution in [1.82, 2.24) is 36.1 Å². The van der Waals surface area contributed by atoms with E-state index in [1.807, 2.05) is 27.7 Å². The minimum Gasteiger partial charge on any atom is -0.481 e. The van der Waals surface area contributed by atoms with Gasteiger partial charge in [-0.3, -0.25) is 38.5 Å². The predicted molar refractivity (Wildman–Crippen MR) is 330 cm³/mol. The zero-order valence-corrected chi connectivity index (χ0v) is 53.2. The van der Waals surface area contributed by atoms with E-state index in [4.69, 9.17) is 26.7 Å². The molecule has 2 heterocycles. The molecule has 25 heteroatoms. The molecular formula is C62H94FN11O12S. The van der Waals surface area contributed by atoms with Crippen LogP contribution in [0.3, 0.4) is 0 Å². The number of nitrogens with two attached hydrogens (primary N) is 3. The van der Waals surface area contributed by atoms with Gasteiger partial charge in [-0.05, 0) is 119 Å². The van der Waals surface area contributed by atoms with Crippen molar-refractivity contribution < 1.29 is 62.1 Å². The fraction of sp³-hybridized carbons (Fsp3) is 0.613. The summed E-state index contributed by atoms with van der Waals surface area (Å²) in [4.78, 5) is 128. The molecule has 2 aromatic carbocycles. The topological polar surface area (TPSA) is 350 Å². The van der Waals surface area contributed by atoms with Gasteiger partial charge in [0.05, 0.1) is 17.1 Å². The molecule has 0 spiro atoms. The number of urea groups is 1. The number of halogens is 1. The molecule has 0 aliphatic carbocycles. The molecule has 3 aromatic rings. The summed E-state index contributed by atoms with van der Waals surface area (Å²) in [6.07, 6.45) is 3.46. The molecule has 4 rings (SSSR count). The van der Waals surface area contributed by atoms with E-state index in [0.717, 1.165) is 30.6 Å². The maximum Gasteiger partial charge on any atom is 0.410 e. The maximum atomic E-state index is 15.4. The average molecular weight is 1240 g/mol. The molecule has 1 saturated heterocycles. The third kappa shape index (κ3) is 21.5. The summed E-state index contributed by atoms with van der Waals surface area (Å²) < 4.78 is 26.3. The monoisotopic (exact) mass is 1240 g/mol. The number of anilines is 2. The molecule has 0 saturated carbocycles. The summed E-state index contributed by atoms with van der Waals surface area (Å²) in [6.45, 7) is 19.8. The van der Waals surface area contributed by atoms with E-state index in [9.17, 15) is 47.9 Å². The number of nitrogen functional groups attached to an aromatic ring is 1. The number of benzene rings is 2. The Morgan fingerprint density at radius 2 is 1.59 bits per heavy atom. The number of aliphatic carboxylic acids is 1. The van der Waals surface area contributed by atoms with Crippen LogP contribution in [0, 0.1) is 29.0 Å². The number of nitrogens with one attached hydrogen (secondary N) is 5. The number of amides is 8. The van der Waals surface area contributed by atoms with Crippen molar-refractivity contribution >= 4 is 76.3 Å². The summed E-state index contributed by atoms with van der Waals surface area (Å²) >= 11 is 1.08. The molecule has 8 atom stereocenters. The molecule has 482 valence electrons.